The highest BCUT2D eigenvalue weighted by molar-refractivity contribution is 6.19. The Kier molecular flexibility index (Phi) is 4.93. The molecule has 2 aromatic heterocycles. The fraction of sp³-hybridized carbons (Fsp3) is 0.458. The lowest BCUT2D eigenvalue weighted by Crippen LogP contribution is -2.69. The summed E-state index contributed by atoms with van der Waals surface area (Å²) >= 11 is 0. The molecule has 4 atom stereocenters. The number of hydrogen-bond donors (Lipinski definition) is 0. The van der Waals surface area contributed by atoms with Gasteiger partial charge in [0.2, 0.25) is 0 Å². The number of carbonyl (C=O) groups is 3. The van der Waals surface area contributed by atoms with Gasteiger partial charge in [0.15, 0.2) is 5.78 Å². The first-order chi connectivity index (χ1) is 14.3. The molecule has 0 spiro atoms. The van der Waals surface area contributed by atoms with Crippen LogP contribution >= 0.6 is 0 Å². The number of rotatable bonds is 4. The number of fused-ring (bicyclic) bond motifs is 2. The smallest absolute Gasteiger partial charge is 0.163 e. The average molecular weight is 405 g/mol. The second kappa shape index (κ2) is 7.20. The fourth-order valence-corrected chi connectivity index (χ4v) is 6.06. The molecule has 2 aromatic rings. The van der Waals surface area contributed by atoms with Gasteiger partial charge in [0.25, 0.3) is 0 Å². The van der Waals surface area contributed by atoms with Crippen molar-refractivity contribution in [3.63, 3.8) is 0 Å². The van der Waals surface area contributed by atoms with Gasteiger partial charge in [-0.05, 0) is 63.9 Å². The third kappa shape index (κ3) is 2.63. The average Bonchev–Trinajstić information content (AvgIpc) is 2.71. The molecule has 1 aliphatic carbocycles. The van der Waals surface area contributed by atoms with E-state index in [4.69, 9.17) is 0 Å². The minimum atomic E-state index is -1.31. The lowest BCUT2D eigenvalue weighted by Gasteiger charge is -2.61. The van der Waals surface area contributed by atoms with E-state index in [1.807, 2.05) is 55.3 Å². The molecule has 2 bridgehead atoms. The Hall–Kier alpha value is -2.73. The normalized spacial score (nSPS) is 33.9. The summed E-state index contributed by atoms with van der Waals surface area (Å²) in [5.41, 5.74) is -1.29. The fourth-order valence-electron chi connectivity index (χ4n) is 6.06. The Morgan fingerprint density at radius 1 is 0.900 bits per heavy atom. The van der Waals surface area contributed by atoms with Crippen LogP contribution < -0.4 is 0 Å². The maximum Gasteiger partial charge on any atom is 0.163 e. The highest BCUT2D eigenvalue weighted by atomic mass is 16.2. The zero-order valence-corrected chi connectivity index (χ0v) is 17.8. The Labute approximate surface area is 176 Å². The monoisotopic (exact) mass is 405 g/mol. The summed E-state index contributed by atoms with van der Waals surface area (Å²) in [6, 6.07) is 9.94. The summed E-state index contributed by atoms with van der Waals surface area (Å²) in [7, 11) is 1.89. The van der Waals surface area contributed by atoms with Crippen LogP contribution in [0.3, 0.4) is 0 Å². The van der Waals surface area contributed by atoms with Crippen LogP contribution in [0, 0.1) is 16.7 Å². The van der Waals surface area contributed by atoms with Crippen LogP contribution in [0.1, 0.15) is 57.1 Å². The minimum Gasteiger partial charge on any atom is -0.299 e. The van der Waals surface area contributed by atoms with Gasteiger partial charge in [-0.15, -0.1) is 0 Å². The Balaban J connectivity index is 2.06. The van der Waals surface area contributed by atoms with Gasteiger partial charge in [0, 0.05) is 12.4 Å². The molecule has 2 aliphatic rings. The van der Waals surface area contributed by atoms with Gasteiger partial charge in [-0.1, -0.05) is 19.1 Å². The largest absolute Gasteiger partial charge is 0.299 e. The van der Waals surface area contributed by atoms with E-state index >= 15 is 0 Å². The molecule has 156 valence electrons. The van der Waals surface area contributed by atoms with E-state index in [1.165, 1.54) is 13.8 Å². The van der Waals surface area contributed by atoms with E-state index < -0.39 is 22.9 Å². The number of hydrogen-bond acceptors (Lipinski definition) is 6. The Bertz CT molecular complexity index is 916. The molecule has 4 unspecified atom stereocenters. The van der Waals surface area contributed by atoms with Crippen LogP contribution in [-0.4, -0.2) is 39.3 Å². The number of likely N-dealkylation sites (tertiary alicyclic amines) is 1. The summed E-state index contributed by atoms with van der Waals surface area (Å²) in [6.45, 7) is 4.98. The molecular weight excluding hydrogens is 378 g/mol. The minimum absolute atomic E-state index is 0.0293. The molecule has 0 amide bonds. The van der Waals surface area contributed by atoms with Crippen LogP contribution in [0.15, 0.2) is 48.8 Å². The predicted molar refractivity (Wildman–Crippen MR) is 111 cm³/mol. The second-order valence-electron chi connectivity index (χ2n) is 8.88. The van der Waals surface area contributed by atoms with Gasteiger partial charge in [0.1, 0.15) is 22.4 Å². The molecule has 1 saturated heterocycles. The molecular formula is C24H27N3O3. The molecule has 0 radical (unpaired) electrons. The molecule has 1 aliphatic heterocycles. The first-order valence-corrected chi connectivity index (χ1v) is 10.4. The van der Waals surface area contributed by atoms with Crippen LogP contribution in [0.25, 0.3) is 0 Å². The quantitative estimate of drug-likeness (QED) is 0.726. The maximum absolute atomic E-state index is 14.3. The SMILES string of the molecule is CC(=O)C12CC(C)CC(C(C)=O)(C1=O)C(c1ccccn1)N(C)C2c1ccccn1. The first-order valence-electron chi connectivity index (χ1n) is 10.4. The molecule has 0 N–H and O–H groups in total. The summed E-state index contributed by atoms with van der Waals surface area (Å²) < 4.78 is 0. The number of carbonyl (C=O) groups excluding carboxylic acids is 3. The number of piperidine rings is 1. The van der Waals surface area contributed by atoms with Crippen molar-refractivity contribution < 1.29 is 14.4 Å². The molecule has 2 fully saturated rings. The van der Waals surface area contributed by atoms with Crippen LogP contribution in [0.4, 0.5) is 0 Å². The number of nitrogens with zero attached hydrogens (tertiary/aromatic N) is 3. The first kappa shape index (κ1) is 20.5. The standard InChI is InChI=1S/C24H27N3O3/c1-15-13-23(16(2)28)20(18-9-5-7-11-25-18)27(4)21(19-10-6-8-12-26-19)24(14-15,17(3)29)22(23)30/h5-12,15,20-21H,13-14H2,1-4H3. The zero-order valence-electron chi connectivity index (χ0n) is 17.8. The van der Waals surface area contributed by atoms with Gasteiger partial charge < -0.3 is 0 Å². The Morgan fingerprint density at radius 3 is 1.67 bits per heavy atom. The van der Waals surface area contributed by atoms with E-state index in [0.717, 1.165) is 0 Å². The zero-order chi connectivity index (χ0) is 21.7. The van der Waals surface area contributed by atoms with E-state index in [9.17, 15) is 14.4 Å². The summed E-state index contributed by atoms with van der Waals surface area (Å²) in [5, 5.41) is 0. The summed E-state index contributed by atoms with van der Waals surface area (Å²) in [5.74, 6) is -0.641. The second-order valence-corrected chi connectivity index (χ2v) is 8.88. The van der Waals surface area contributed by atoms with Crippen LogP contribution in [0.5, 0.6) is 0 Å². The number of aromatic nitrogens is 2. The molecule has 3 heterocycles. The van der Waals surface area contributed by atoms with Crippen molar-refractivity contribution >= 4 is 17.3 Å². The predicted octanol–water partition coefficient (Wildman–Crippen LogP) is 3.35. The van der Waals surface area contributed by atoms with Crippen molar-refractivity contribution in [2.75, 3.05) is 7.05 Å². The van der Waals surface area contributed by atoms with Crippen molar-refractivity contribution in [2.45, 2.75) is 45.7 Å². The summed E-state index contributed by atoms with van der Waals surface area (Å²) in [6.07, 6.45) is 4.18. The molecule has 0 aromatic carbocycles. The van der Waals surface area contributed by atoms with Gasteiger partial charge in [0.05, 0.1) is 23.5 Å². The lowest BCUT2D eigenvalue weighted by atomic mass is 9.47. The molecule has 6 nitrogen and oxygen atoms in total. The molecule has 4 rings (SSSR count). The topological polar surface area (TPSA) is 80.2 Å². The third-order valence-electron chi connectivity index (χ3n) is 7.09. The lowest BCUT2D eigenvalue weighted by molar-refractivity contribution is -0.184. The van der Waals surface area contributed by atoms with E-state index in [1.54, 1.807) is 12.4 Å². The van der Waals surface area contributed by atoms with Crippen molar-refractivity contribution in [3.8, 4) is 0 Å². The maximum atomic E-state index is 14.3. The van der Waals surface area contributed by atoms with Gasteiger partial charge in [-0.2, -0.15) is 0 Å². The van der Waals surface area contributed by atoms with Crippen molar-refractivity contribution in [1.29, 1.82) is 0 Å². The van der Waals surface area contributed by atoms with Crippen LogP contribution in [0.2, 0.25) is 0 Å². The highest BCUT2D eigenvalue weighted by Gasteiger charge is 2.71. The molecule has 30 heavy (non-hydrogen) atoms. The summed E-state index contributed by atoms with van der Waals surface area (Å²) in [4.78, 5) is 51.8. The number of Topliss-reactive ketones (excluding diaryl/α,β-unsaturated/α-hetero) is 3. The van der Waals surface area contributed by atoms with Gasteiger partial charge in [-0.25, -0.2) is 0 Å². The van der Waals surface area contributed by atoms with E-state index in [0.29, 0.717) is 24.2 Å². The number of pyridine rings is 2. The van der Waals surface area contributed by atoms with Crippen molar-refractivity contribution in [2.24, 2.45) is 16.7 Å². The van der Waals surface area contributed by atoms with Crippen molar-refractivity contribution in [3.05, 3.63) is 60.2 Å². The molecule has 6 heteroatoms. The Morgan fingerprint density at radius 2 is 1.33 bits per heavy atom. The van der Waals surface area contributed by atoms with Gasteiger partial charge in [-0.3, -0.25) is 29.3 Å². The molecule has 1 saturated carbocycles. The van der Waals surface area contributed by atoms with Crippen molar-refractivity contribution in [1.82, 2.24) is 14.9 Å². The van der Waals surface area contributed by atoms with E-state index in [-0.39, 0.29) is 23.3 Å². The highest BCUT2D eigenvalue weighted by Crippen LogP contribution is 2.64. The van der Waals surface area contributed by atoms with Gasteiger partial charge >= 0.3 is 0 Å². The van der Waals surface area contributed by atoms with Crippen LogP contribution in [-0.2, 0) is 14.4 Å². The van der Waals surface area contributed by atoms with E-state index in [2.05, 4.69) is 9.97 Å². The number of ketones is 3. The third-order valence-corrected chi connectivity index (χ3v) is 7.09.